The molecule has 0 aliphatic heterocycles. The number of hydrogen-bond acceptors (Lipinski definition) is 3. The van der Waals surface area contributed by atoms with Crippen LogP contribution < -0.4 is 10.6 Å². The van der Waals surface area contributed by atoms with Crippen molar-refractivity contribution in [1.29, 1.82) is 0 Å². The summed E-state index contributed by atoms with van der Waals surface area (Å²) in [4.78, 5) is 8.87. The molecule has 26 heavy (non-hydrogen) atoms. The number of hydrogen-bond donors (Lipinski definition) is 2. The van der Waals surface area contributed by atoms with Crippen LogP contribution in [0.5, 0.6) is 0 Å². The van der Waals surface area contributed by atoms with Gasteiger partial charge in [0.15, 0.2) is 5.96 Å². The van der Waals surface area contributed by atoms with Crippen molar-refractivity contribution in [2.24, 2.45) is 4.99 Å². The van der Waals surface area contributed by atoms with Crippen LogP contribution in [-0.4, -0.2) is 37.7 Å². The fourth-order valence-corrected chi connectivity index (χ4v) is 2.36. The van der Waals surface area contributed by atoms with Gasteiger partial charge in [-0.15, -0.1) is 24.0 Å². The molecule has 0 fully saturated rings. The minimum Gasteiger partial charge on any atom is -0.375 e. The third-order valence-corrected chi connectivity index (χ3v) is 3.69. The highest BCUT2D eigenvalue weighted by atomic mass is 127. The molecule has 0 saturated heterocycles. The van der Waals surface area contributed by atoms with Crippen LogP contribution in [0.1, 0.15) is 24.3 Å². The van der Waals surface area contributed by atoms with Gasteiger partial charge in [-0.05, 0) is 36.8 Å². The summed E-state index contributed by atoms with van der Waals surface area (Å²) in [6, 6.07) is 12.2. The van der Waals surface area contributed by atoms with Gasteiger partial charge in [-0.1, -0.05) is 18.2 Å². The van der Waals surface area contributed by atoms with Gasteiger partial charge in [-0.3, -0.25) is 9.98 Å². The molecule has 0 aliphatic carbocycles. The van der Waals surface area contributed by atoms with Gasteiger partial charge in [0.25, 0.3) is 0 Å². The zero-order valence-corrected chi connectivity index (χ0v) is 17.4. The van der Waals surface area contributed by atoms with E-state index < -0.39 is 0 Å². The van der Waals surface area contributed by atoms with Crippen LogP contribution in [0.25, 0.3) is 0 Å². The van der Waals surface area contributed by atoms with Gasteiger partial charge in [0.05, 0.1) is 6.54 Å². The number of halogens is 2. The van der Waals surface area contributed by atoms with Gasteiger partial charge in [-0.2, -0.15) is 0 Å². The fraction of sp³-hybridized carbons (Fsp3) is 0.368. The summed E-state index contributed by atoms with van der Waals surface area (Å²) in [6.45, 7) is 3.96. The molecule has 5 nitrogen and oxygen atoms in total. The Labute approximate surface area is 171 Å². The molecule has 1 heterocycles. The maximum atomic E-state index is 13.1. The number of pyridine rings is 1. The van der Waals surface area contributed by atoms with Crippen LogP contribution in [-0.2, 0) is 11.2 Å². The highest BCUT2D eigenvalue weighted by molar-refractivity contribution is 14.0. The molecule has 2 rings (SSSR count). The van der Waals surface area contributed by atoms with Crippen LogP contribution in [0.3, 0.4) is 0 Å². The lowest BCUT2D eigenvalue weighted by atomic mass is 10.1. The molecule has 0 bridgehead atoms. The number of ether oxygens (including phenoxy) is 1. The average molecular weight is 472 g/mol. The van der Waals surface area contributed by atoms with E-state index in [0.717, 1.165) is 36.7 Å². The van der Waals surface area contributed by atoms with Crippen LogP contribution >= 0.6 is 24.0 Å². The molecule has 0 spiro atoms. The SMILES string of the molecule is CCNC(=NCC(OC)c1ccc(F)cc1)NCCc1ccccn1.I. The van der Waals surface area contributed by atoms with Crippen molar-refractivity contribution in [3.63, 3.8) is 0 Å². The Morgan fingerprint density at radius 3 is 2.58 bits per heavy atom. The molecule has 1 atom stereocenters. The van der Waals surface area contributed by atoms with Gasteiger partial charge < -0.3 is 15.4 Å². The van der Waals surface area contributed by atoms with Crippen molar-refractivity contribution in [1.82, 2.24) is 15.6 Å². The van der Waals surface area contributed by atoms with Crippen molar-refractivity contribution in [2.75, 3.05) is 26.7 Å². The Hall–Kier alpha value is -1.74. The second kappa shape index (κ2) is 12.6. The standard InChI is InChI=1S/C19H25FN4O.HI/c1-3-21-19(23-13-11-17-6-4-5-12-22-17)24-14-18(25-2)15-7-9-16(20)10-8-15;/h4-10,12,18H,3,11,13-14H2,1-2H3,(H2,21,23,24);1H. The molecule has 7 heteroatoms. The van der Waals surface area contributed by atoms with E-state index >= 15 is 0 Å². The monoisotopic (exact) mass is 472 g/mol. The van der Waals surface area contributed by atoms with E-state index in [1.54, 1.807) is 25.4 Å². The van der Waals surface area contributed by atoms with E-state index in [0.29, 0.717) is 6.54 Å². The summed E-state index contributed by atoms with van der Waals surface area (Å²) >= 11 is 0. The lowest BCUT2D eigenvalue weighted by Gasteiger charge is -2.16. The minimum absolute atomic E-state index is 0. The van der Waals surface area contributed by atoms with Crippen LogP contribution in [0.4, 0.5) is 4.39 Å². The van der Waals surface area contributed by atoms with Gasteiger partial charge >= 0.3 is 0 Å². The Morgan fingerprint density at radius 1 is 1.19 bits per heavy atom. The van der Waals surface area contributed by atoms with E-state index in [1.165, 1.54) is 12.1 Å². The number of methoxy groups -OCH3 is 1. The number of rotatable bonds is 8. The third-order valence-electron chi connectivity index (χ3n) is 3.69. The first kappa shape index (κ1) is 22.3. The number of aromatic nitrogens is 1. The zero-order valence-electron chi connectivity index (χ0n) is 15.1. The van der Waals surface area contributed by atoms with E-state index in [9.17, 15) is 4.39 Å². The number of benzene rings is 1. The first-order valence-electron chi connectivity index (χ1n) is 8.43. The van der Waals surface area contributed by atoms with Crippen molar-refractivity contribution >= 4 is 29.9 Å². The van der Waals surface area contributed by atoms with Gasteiger partial charge in [0.1, 0.15) is 11.9 Å². The lowest BCUT2D eigenvalue weighted by Crippen LogP contribution is -2.38. The maximum absolute atomic E-state index is 13.1. The molecule has 1 unspecified atom stereocenters. The number of guanidine groups is 1. The first-order valence-corrected chi connectivity index (χ1v) is 8.43. The molecule has 0 radical (unpaired) electrons. The minimum atomic E-state index is -0.258. The summed E-state index contributed by atoms with van der Waals surface area (Å²) < 4.78 is 18.5. The van der Waals surface area contributed by atoms with Crippen LogP contribution in [0.2, 0.25) is 0 Å². The Balaban J connectivity index is 0.00000338. The lowest BCUT2D eigenvalue weighted by molar-refractivity contribution is 0.111. The summed E-state index contributed by atoms with van der Waals surface area (Å²) in [5, 5.41) is 6.50. The average Bonchev–Trinajstić information content (AvgIpc) is 2.64. The molecule has 1 aromatic carbocycles. The Kier molecular flexibility index (Phi) is 10.8. The smallest absolute Gasteiger partial charge is 0.191 e. The van der Waals surface area contributed by atoms with Crippen LogP contribution in [0.15, 0.2) is 53.7 Å². The van der Waals surface area contributed by atoms with Gasteiger partial charge in [-0.25, -0.2) is 4.39 Å². The second-order valence-electron chi connectivity index (χ2n) is 5.49. The first-order chi connectivity index (χ1) is 12.2. The van der Waals surface area contributed by atoms with E-state index in [2.05, 4.69) is 20.6 Å². The quantitative estimate of drug-likeness (QED) is 0.352. The highest BCUT2D eigenvalue weighted by Crippen LogP contribution is 2.17. The summed E-state index contributed by atoms with van der Waals surface area (Å²) in [7, 11) is 1.63. The molecule has 0 saturated carbocycles. The van der Waals surface area contributed by atoms with Crippen molar-refractivity contribution in [2.45, 2.75) is 19.4 Å². The molecular weight excluding hydrogens is 446 g/mol. The largest absolute Gasteiger partial charge is 0.375 e. The maximum Gasteiger partial charge on any atom is 0.191 e. The Morgan fingerprint density at radius 2 is 1.96 bits per heavy atom. The van der Waals surface area contributed by atoms with Gasteiger partial charge in [0, 0.05) is 38.5 Å². The Bertz CT molecular complexity index is 652. The number of nitrogens with one attached hydrogen (secondary N) is 2. The highest BCUT2D eigenvalue weighted by Gasteiger charge is 2.10. The summed E-state index contributed by atoms with van der Waals surface area (Å²) in [6.07, 6.45) is 2.39. The molecule has 0 amide bonds. The zero-order chi connectivity index (χ0) is 17.9. The van der Waals surface area contributed by atoms with Crippen molar-refractivity contribution in [3.05, 3.63) is 65.7 Å². The predicted molar refractivity (Wildman–Crippen MR) is 113 cm³/mol. The fourth-order valence-electron chi connectivity index (χ4n) is 2.36. The van der Waals surface area contributed by atoms with Crippen molar-refractivity contribution < 1.29 is 9.13 Å². The summed E-state index contributed by atoms with van der Waals surface area (Å²) in [5.41, 5.74) is 1.93. The molecule has 2 N–H and O–H groups in total. The number of nitrogens with zero attached hydrogens (tertiary/aromatic N) is 2. The molecule has 0 aliphatic rings. The topological polar surface area (TPSA) is 58.5 Å². The summed E-state index contributed by atoms with van der Waals surface area (Å²) in [5.74, 6) is 0.467. The number of aliphatic imine (C=N–C) groups is 1. The molecule has 142 valence electrons. The second-order valence-corrected chi connectivity index (χ2v) is 5.49. The van der Waals surface area contributed by atoms with E-state index in [4.69, 9.17) is 4.74 Å². The van der Waals surface area contributed by atoms with E-state index in [-0.39, 0.29) is 35.9 Å². The molecule has 1 aromatic heterocycles. The molecule has 2 aromatic rings. The predicted octanol–water partition coefficient (Wildman–Crippen LogP) is 3.32. The van der Waals surface area contributed by atoms with Gasteiger partial charge in [0.2, 0.25) is 0 Å². The normalized spacial score (nSPS) is 12.2. The molecular formula is C19H26FIN4O. The third kappa shape index (κ3) is 7.65. The van der Waals surface area contributed by atoms with Crippen LogP contribution in [0, 0.1) is 5.82 Å². The van der Waals surface area contributed by atoms with Crippen molar-refractivity contribution in [3.8, 4) is 0 Å². The van der Waals surface area contributed by atoms with E-state index in [1.807, 2.05) is 25.1 Å².